The van der Waals surface area contributed by atoms with Gasteiger partial charge in [-0.3, -0.25) is 4.79 Å². The van der Waals surface area contributed by atoms with Crippen molar-refractivity contribution in [1.29, 1.82) is 0 Å². The van der Waals surface area contributed by atoms with Crippen molar-refractivity contribution < 1.29 is 13.2 Å². The van der Waals surface area contributed by atoms with Crippen molar-refractivity contribution in [2.24, 2.45) is 5.73 Å². The van der Waals surface area contributed by atoms with Crippen LogP contribution < -0.4 is 10.5 Å². The fourth-order valence-electron chi connectivity index (χ4n) is 1.17. The average Bonchev–Trinajstić information content (AvgIpc) is 2.20. The Morgan fingerprint density at radius 2 is 2.06 bits per heavy atom. The van der Waals surface area contributed by atoms with Crippen LogP contribution >= 0.6 is 11.6 Å². The number of rotatable bonds is 4. The van der Waals surface area contributed by atoms with Gasteiger partial charge in [0, 0.05) is 0 Å². The lowest BCUT2D eigenvalue weighted by Gasteiger charge is -2.12. The van der Waals surface area contributed by atoms with E-state index in [9.17, 15) is 13.2 Å². The van der Waals surface area contributed by atoms with Crippen molar-refractivity contribution in [3.05, 3.63) is 28.8 Å². The van der Waals surface area contributed by atoms with E-state index in [4.69, 9.17) is 17.3 Å². The third-order valence-electron chi connectivity index (χ3n) is 2.13. The molecule has 0 saturated heterocycles. The summed E-state index contributed by atoms with van der Waals surface area (Å²) in [6.07, 6.45) is 0. The molecule has 0 radical (unpaired) electrons. The third kappa shape index (κ3) is 3.42. The van der Waals surface area contributed by atoms with Crippen molar-refractivity contribution in [1.82, 2.24) is 4.72 Å². The number of nitrogens with two attached hydrogens (primary N) is 1. The molecule has 3 N–H and O–H groups in total. The number of benzene rings is 1. The summed E-state index contributed by atoms with van der Waals surface area (Å²) >= 11 is 5.81. The summed E-state index contributed by atoms with van der Waals surface area (Å²) in [5.41, 5.74) is 5.74. The van der Waals surface area contributed by atoms with E-state index in [-0.39, 0.29) is 9.92 Å². The molecule has 1 amide bonds. The highest BCUT2D eigenvalue weighted by atomic mass is 35.5. The average molecular weight is 277 g/mol. The fraction of sp³-hybridized carbons (Fsp3) is 0.300. The highest BCUT2D eigenvalue weighted by molar-refractivity contribution is 7.89. The molecular formula is C10H13ClN2O3S. The predicted molar refractivity (Wildman–Crippen MR) is 65.2 cm³/mol. The van der Waals surface area contributed by atoms with Gasteiger partial charge in [0.05, 0.1) is 11.1 Å². The first kappa shape index (κ1) is 14.0. The molecule has 17 heavy (non-hydrogen) atoms. The standard InChI is InChI=1S/C10H13ClN2O3S/c1-6-3-4-8(11)9(5-6)17(15,16)13-7(2)10(12)14/h3-5,7,13H,1-2H3,(H2,12,14)/t7-/m0/s1. The first-order chi connectivity index (χ1) is 7.74. The fourth-order valence-corrected chi connectivity index (χ4v) is 2.97. The van der Waals surface area contributed by atoms with Gasteiger partial charge in [0.2, 0.25) is 15.9 Å². The van der Waals surface area contributed by atoms with E-state index < -0.39 is 22.0 Å². The van der Waals surface area contributed by atoms with Crippen molar-refractivity contribution in [3.8, 4) is 0 Å². The van der Waals surface area contributed by atoms with Crippen molar-refractivity contribution in [2.75, 3.05) is 0 Å². The van der Waals surface area contributed by atoms with Crippen LogP contribution in [0.25, 0.3) is 0 Å². The highest BCUT2D eigenvalue weighted by Gasteiger charge is 2.22. The molecule has 7 heteroatoms. The van der Waals surface area contributed by atoms with Gasteiger partial charge in [0.1, 0.15) is 4.90 Å². The Morgan fingerprint density at radius 3 is 2.59 bits per heavy atom. The molecule has 0 aliphatic heterocycles. The number of primary amides is 1. The molecule has 1 rings (SSSR count). The number of hydrogen-bond acceptors (Lipinski definition) is 3. The first-order valence-corrected chi connectivity index (χ1v) is 6.68. The predicted octanol–water partition coefficient (Wildman–Crippen LogP) is 0.801. The van der Waals surface area contributed by atoms with Crippen molar-refractivity contribution in [2.45, 2.75) is 24.8 Å². The Hall–Kier alpha value is -1.11. The number of hydrogen-bond donors (Lipinski definition) is 2. The van der Waals surface area contributed by atoms with Gasteiger partial charge in [0.25, 0.3) is 0 Å². The Morgan fingerprint density at radius 1 is 1.47 bits per heavy atom. The monoisotopic (exact) mass is 276 g/mol. The minimum absolute atomic E-state index is 0.0627. The molecule has 0 aliphatic rings. The molecule has 0 aliphatic carbocycles. The first-order valence-electron chi connectivity index (χ1n) is 4.82. The molecule has 0 unspecified atom stereocenters. The van der Waals surface area contributed by atoms with E-state index in [1.807, 2.05) is 0 Å². The van der Waals surface area contributed by atoms with Gasteiger partial charge < -0.3 is 5.73 Å². The molecule has 1 atom stereocenters. The van der Waals surface area contributed by atoms with Crippen molar-refractivity contribution in [3.63, 3.8) is 0 Å². The SMILES string of the molecule is Cc1ccc(Cl)c(S(=O)(=O)N[C@@H](C)C(N)=O)c1. The van der Waals surface area contributed by atoms with Crippen LogP contribution in [0.5, 0.6) is 0 Å². The Balaban J connectivity index is 3.13. The number of nitrogens with one attached hydrogen (secondary N) is 1. The van der Waals surface area contributed by atoms with Gasteiger partial charge in [-0.2, -0.15) is 4.72 Å². The second kappa shape index (κ2) is 5.03. The lowest BCUT2D eigenvalue weighted by Crippen LogP contribution is -2.42. The Labute approximate surface area is 105 Å². The molecule has 1 aromatic carbocycles. The van der Waals surface area contributed by atoms with E-state index in [2.05, 4.69) is 4.72 Å². The summed E-state index contributed by atoms with van der Waals surface area (Å²) in [7, 11) is -3.84. The lowest BCUT2D eigenvalue weighted by atomic mass is 10.2. The summed E-state index contributed by atoms with van der Waals surface area (Å²) in [6.45, 7) is 3.11. The molecular weight excluding hydrogens is 264 g/mol. The number of halogens is 1. The van der Waals surface area contributed by atoms with Gasteiger partial charge in [-0.25, -0.2) is 8.42 Å². The molecule has 94 valence electrons. The Bertz CT molecular complexity index is 542. The topological polar surface area (TPSA) is 89.3 Å². The smallest absolute Gasteiger partial charge is 0.242 e. The van der Waals surface area contributed by atoms with E-state index in [1.54, 1.807) is 13.0 Å². The summed E-state index contributed by atoms with van der Waals surface area (Å²) in [4.78, 5) is 10.8. The van der Waals surface area contributed by atoms with Crippen LogP contribution in [0.15, 0.2) is 23.1 Å². The Kier molecular flexibility index (Phi) is 4.13. The summed E-state index contributed by atoms with van der Waals surface area (Å²) in [5.74, 6) is -0.752. The minimum Gasteiger partial charge on any atom is -0.368 e. The summed E-state index contributed by atoms with van der Waals surface area (Å²) in [5, 5.41) is 0.0970. The molecule has 0 saturated carbocycles. The molecule has 0 aromatic heterocycles. The van der Waals surface area contributed by atoms with Crippen LogP contribution in [0, 0.1) is 6.92 Å². The van der Waals surface area contributed by atoms with Gasteiger partial charge in [-0.15, -0.1) is 0 Å². The second-order valence-corrected chi connectivity index (χ2v) is 5.77. The van der Waals surface area contributed by atoms with Crippen LogP contribution in [-0.2, 0) is 14.8 Å². The zero-order chi connectivity index (χ0) is 13.2. The zero-order valence-corrected chi connectivity index (χ0v) is 11.0. The minimum atomic E-state index is -3.84. The van der Waals surface area contributed by atoms with E-state index >= 15 is 0 Å². The number of aryl methyl sites for hydroxylation is 1. The van der Waals surface area contributed by atoms with Crippen LogP contribution in [-0.4, -0.2) is 20.4 Å². The van der Waals surface area contributed by atoms with Gasteiger partial charge in [0.15, 0.2) is 0 Å². The molecule has 0 bridgehead atoms. The quantitative estimate of drug-likeness (QED) is 0.852. The maximum absolute atomic E-state index is 11.9. The molecule has 0 fully saturated rings. The molecule has 0 spiro atoms. The normalized spacial score (nSPS) is 13.4. The molecule has 1 aromatic rings. The zero-order valence-electron chi connectivity index (χ0n) is 9.40. The summed E-state index contributed by atoms with van der Waals surface area (Å²) in [6, 6.07) is 3.62. The lowest BCUT2D eigenvalue weighted by molar-refractivity contribution is -0.119. The second-order valence-electron chi connectivity index (χ2n) is 3.68. The van der Waals surface area contributed by atoms with Crippen LogP contribution in [0.2, 0.25) is 5.02 Å². The number of amides is 1. The molecule has 0 heterocycles. The van der Waals surface area contributed by atoms with Crippen LogP contribution in [0.4, 0.5) is 0 Å². The number of carbonyl (C=O) groups is 1. The van der Waals surface area contributed by atoms with Gasteiger partial charge in [-0.1, -0.05) is 17.7 Å². The summed E-state index contributed by atoms with van der Waals surface area (Å²) < 4.78 is 26.0. The van der Waals surface area contributed by atoms with Gasteiger partial charge in [-0.05, 0) is 31.5 Å². The van der Waals surface area contributed by atoms with Crippen LogP contribution in [0.3, 0.4) is 0 Å². The largest absolute Gasteiger partial charge is 0.368 e. The maximum Gasteiger partial charge on any atom is 0.242 e. The molecule has 5 nitrogen and oxygen atoms in total. The van der Waals surface area contributed by atoms with E-state index in [0.29, 0.717) is 0 Å². The van der Waals surface area contributed by atoms with Crippen molar-refractivity contribution >= 4 is 27.5 Å². The van der Waals surface area contributed by atoms with E-state index in [0.717, 1.165) is 5.56 Å². The highest BCUT2D eigenvalue weighted by Crippen LogP contribution is 2.22. The maximum atomic E-state index is 11.9. The van der Waals surface area contributed by atoms with Gasteiger partial charge >= 0.3 is 0 Å². The number of sulfonamides is 1. The van der Waals surface area contributed by atoms with Crippen LogP contribution in [0.1, 0.15) is 12.5 Å². The third-order valence-corrected chi connectivity index (χ3v) is 4.16. The van der Waals surface area contributed by atoms with E-state index in [1.165, 1.54) is 19.1 Å². The number of carbonyl (C=O) groups excluding carboxylic acids is 1.